The van der Waals surface area contributed by atoms with E-state index in [0.29, 0.717) is 5.56 Å². The van der Waals surface area contributed by atoms with Crippen molar-refractivity contribution in [1.82, 2.24) is 10.4 Å². The number of amides is 1. The average Bonchev–Trinajstić information content (AvgIpc) is 2.75. The van der Waals surface area contributed by atoms with E-state index in [4.69, 9.17) is 4.98 Å². The van der Waals surface area contributed by atoms with Crippen LogP contribution in [0.3, 0.4) is 0 Å². The highest BCUT2D eigenvalue weighted by atomic mass is 16.2. The second kappa shape index (κ2) is 8.07. The molecule has 4 aromatic rings. The van der Waals surface area contributed by atoms with Crippen molar-refractivity contribution in [2.45, 2.75) is 13.8 Å². The van der Waals surface area contributed by atoms with Crippen molar-refractivity contribution >= 4 is 23.0 Å². The molecule has 0 atom stereocenters. The van der Waals surface area contributed by atoms with E-state index in [1.165, 1.54) is 11.1 Å². The highest BCUT2D eigenvalue weighted by molar-refractivity contribution is 6.07. The maximum absolute atomic E-state index is 12.9. The minimum Gasteiger partial charge on any atom is -0.267 e. The largest absolute Gasteiger partial charge is 0.272 e. The molecule has 29 heavy (non-hydrogen) atoms. The molecule has 0 fully saturated rings. The van der Waals surface area contributed by atoms with Crippen molar-refractivity contribution in [3.8, 4) is 11.3 Å². The summed E-state index contributed by atoms with van der Waals surface area (Å²) in [6.45, 7) is 4.07. The molecule has 1 N–H and O–H groups in total. The van der Waals surface area contributed by atoms with Gasteiger partial charge in [0.05, 0.1) is 23.0 Å². The lowest BCUT2D eigenvalue weighted by Gasteiger charge is -2.09. The zero-order valence-electron chi connectivity index (χ0n) is 16.4. The number of aryl methyl sites for hydroxylation is 2. The molecule has 0 unspecified atom stereocenters. The Bertz CT molecular complexity index is 1190. The first-order valence-electron chi connectivity index (χ1n) is 9.47. The minimum atomic E-state index is -0.264. The summed E-state index contributed by atoms with van der Waals surface area (Å²) in [4.78, 5) is 17.6. The molecule has 0 radical (unpaired) electrons. The quantitative estimate of drug-likeness (QED) is 0.387. The predicted octanol–water partition coefficient (Wildman–Crippen LogP) is 5.28. The van der Waals surface area contributed by atoms with E-state index < -0.39 is 0 Å². The fourth-order valence-electron chi connectivity index (χ4n) is 3.11. The predicted molar refractivity (Wildman–Crippen MR) is 118 cm³/mol. The third-order valence-corrected chi connectivity index (χ3v) is 4.77. The van der Waals surface area contributed by atoms with Gasteiger partial charge in [0.25, 0.3) is 5.91 Å². The van der Waals surface area contributed by atoms with Gasteiger partial charge in [-0.1, -0.05) is 77.9 Å². The number of carbonyl (C=O) groups excluding carboxylic acids is 1. The third-order valence-electron chi connectivity index (χ3n) is 4.77. The smallest absolute Gasteiger partial charge is 0.267 e. The van der Waals surface area contributed by atoms with Gasteiger partial charge in [0, 0.05) is 10.9 Å². The number of hydrogen-bond acceptors (Lipinski definition) is 3. The zero-order valence-corrected chi connectivity index (χ0v) is 16.4. The number of hydrazone groups is 1. The number of carbonyl (C=O) groups is 1. The topological polar surface area (TPSA) is 54.4 Å². The van der Waals surface area contributed by atoms with Gasteiger partial charge in [-0.15, -0.1) is 0 Å². The van der Waals surface area contributed by atoms with Gasteiger partial charge in [0.2, 0.25) is 0 Å². The van der Waals surface area contributed by atoms with Crippen LogP contribution >= 0.6 is 0 Å². The summed E-state index contributed by atoms with van der Waals surface area (Å²) in [7, 11) is 0. The molecule has 0 bridgehead atoms. The van der Waals surface area contributed by atoms with E-state index in [-0.39, 0.29) is 5.91 Å². The Balaban J connectivity index is 1.67. The number of para-hydroxylation sites is 1. The molecule has 0 aliphatic rings. The van der Waals surface area contributed by atoms with E-state index in [1.807, 2.05) is 92.7 Å². The molecule has 1 amide bonds. The lowest BCUT2D eigenvalue weighted by atomic mass is 10.0. The number of benzene rings is 3. The number of pyridine rings is 1. The second-order valence-electron chi connectivity index (χ2n) is 7.05. The van der Waals surface area contributed by atoms with E-state index in [0.717, 1.165) is 27.7 Å². The Morgan fingerprint density at radius 3 is 2.28 bits per heavy atom. The highest BCUT2D eigenvalue weighted by Gasteiger charge is 2.13. The second-order valence-corrected chi connectivity index (χ2v) is 7.05. The molecule has 142 valence electrons. The standard InChI is InChI=1S/C25H21N3O/c1-17-7-11-19(12-8-17)16-26-28-25(29)22-15-24(20-13-9-18(2)10-14-20)27-23-6-4-3-5-21(22)23/h3-16H,1-2H3,(H,28,29)/b26-16-. The van der Waals surface area contributed by atoms with Crippen LogP contribution in [0, 0.1) is 13.8 Å². The number of fused-ring (bicyclic) bond motifs is 1. The number of hydrogen-bond donors (Lipinski definition) is 1. The fourth-order valence-corrected chi connectivity index (χ4v) is 3.11. The van der Waals surface area contributed by atoms with Crippen LogP contribution < -0.4 is 5.43 Å². The van der Waals surface area contributed by atoms with Crippen LogP contribution in [-0.4, -0.2) is 17.1 Å². The average molecular weight is 379 g/mol. The van der Waals surface area contributed by atoms with E-state index >= 15 is 0 Å². The van der Waals surface area contributed by atoms with Crippen molar-refractivity contribution in [2.75, 3.05) is 0 Å². The first-order valence-corrected chi connectivity index (χ1v) is 9.47. The van der Waals surface area contributed by atoms with Crippen LogP contribution in [0.2, 0.25) is 0 Å². The third kappa shape index (κ3) is 4.22. The number of aromatic nitrogens is 1. The van der Waals surface area contributed by atoms with Crippen LogP contribution in [-0.2, 0) is 0 Å². The van der Waals surface area contributed by atoms with Crippen molar-refractivity contribution in [2.24, 2.45) is 5.10 Å². The van der Waals surface area contributed by atoms with Gasteiger partial charge < -0.3 is 0 Å². The molecule has 4 nitrogen and oxygen atoms in total. The SMILES string of the molecule is Cc1ccc(/C=N\NC(=O)c2cc(-c3ccc(C)cc3)nc3ccccc23)cc1. The highest BCUT2D eigenvalue weighted by Crippen LogP contribution is 2.25. The molecule has 4 heteroatoms. The summed E-state index contributed by atoms with van der Waals surface area (Å²) in [5.74, 6) is -0.264. The van der Waals surface area contributed by atoms with Gasteiger partial charge in [-0.2, -0.15) is 5.10 Å². The Morgan fingerprint density at radius 2 is 1.55 bits per heavy atom. The first kappa shape index (κ1) is 18.6. The van der Waals surface area contributed by atoms with Crippen molar-refractivity contribution in [3.63, 3.8) is 0 Å². The molecule has 0 aliphatic heterocycles. The monoisotopic (exact) mass is 379 g/mol. The van der Waals surface area contributed by atoms with Crippen molar-refractivity contribution in [1.29, 1.82) is 0 Å². The maximum atomic E-state index is 12.9. The van der Waals surface area contributed by atoms with Gasteiger partial charge in [-0.3, -0.25) is 4.79 Å². The Labute approximate surface area is 169 Å². The molecule has 3 aromatic carbocycles. The van der Waals surface area contributed by atoms with Gasteiger partial charge in [0.15, 0.2) is 0 Å². The lowest BCUT2D eigenvalue weighted by molar-refractivity contribution is 0.0956. The normalized spacial score (nSPS) is 11.1. The van der Waals surface area contributed by atoms with Gasteiger partial charge in [-0.05, 0) is 31.5 Å². The van der Waals surface area contributed by atoms with Crippen LogP contribution in [0.25, 0.3) is 22.2 Å². The number of nitrogens with one attached hydrogen (secondary N) is 1. The summed E-state index contributed by atoms with van der Waals surface area (Å²) in [5.41, 5.74) is 8.98. The van der Waals surface area contributed by atoms with Crippen LogP contribution in [0.5, 0.6) is 0 Å². The van der Waals surface area contributed by atoms with Crippen LogP contribution in [0.4, 0.5) is 0 Å². The molecular weight excluding hydrogens is 358 g/mol. The van der Waals surface area contributed by atoms with Crippen LogP contribution in [0.1, 0.15) is 27.0 Å². The fraction of sp³-hybridized carbons (Fsp3) is 0.0800. The zero-order chi connectivity index (χ0) is 20.2. The molecular formula is C25H21N3O. The van der Waals surface area contributed by atoms with Gasteiger partial charge in [-0.25, -0.2) is 10.4 Å². The van der Waals surface area contributed by atoms with Crippen LogP contribution in [0.15, 0.2) is 84.0 Å². The summed E-state index contributed by atoms with van der Waals surface area (Å²) in [5, 5.41) is 4.92. The Morgan fingerprint density at radius 1 is 0.897 bits per heavy atom. The van der Waals surface area contributed by atoms with Crippen molar-refractivity contribution < 1.29 is 4.79 Å². The molecule has 0 saturated heterocycles. The molecule has 4 rings (SSSR count). The lowest BCUT2D eigenvalue weighted by Crippen LogP contribution is -2.18. The first-order chi connectivity index (χ1) is 14.1. The minimum absolute atomic E-state index is 0.264. The van der Waals surface area contributed by atoms with Gasteiger partial charge >= 0.3 is 0 Å². The summed E-state index contributed by atoms with van der Waals surface area (Å²) < 4.78 is 0. The molecule has 1 aromatic heterocycles. The molecule has 0 saturated carbocycles. The van der Waals surface area contributed by atoms with Crippen molar-refractivity contribution in [3.05, 3.63) is 101 Å². The molecule has 0 aliphatic carbocycles. The Hall–Kier alpha value is -3.79. The van der Waals surface area contributed by atoms with E-state index in [1.54, 1.807) is 6.21 Å². The molecule has 1 heterocycles. The number of nitrogens with zero attached hydrogens (tertiary/aromatic N) is 2. The molecule has 0 spiro atoms. The van der Waals surface area contributed by atoms with E-state index in [2.05, 4.69) is 10.5 Å². The summed E-state index contributed by atoms with van der Waals surface area (Å²) in [6.07, 6.45) is 1.64. The maximum Gasteiger partial charge on any atom is 0.272 e. The van der Waals surface area contributed by atoms with Gasteiger partial charge in [0.1, 0.15) is 0 Å². The summed E-state index contributed by atoms with van der Waals surface area (Å²) >= 11 is 0. The Kier molecular flexibility index (Phi) is 5.16. The van der Waals surface area contributed by atoms with E-state index in [9.17, 15) is 4.79 Å². The summed E-state index contributed by atoms with van der Waals surface area (Å²) in [6, 6.07) is 25.5. The number of rotatable bonds is 4.